The molecule has 1 aliphatic heterocycles. The van der Waals surface area contributed by atoms with Crippen molar-refractivity contribution in [3.63, 3.8) is 0 Å². The molecule has 126 valence electrons. The third kappa shape index (κ3) is 3.85. The van der Waals surface area contributed by atoms with Gasteiger partial charge in [-0.1, -0.05) is 0 Å². The minimum Gasteiger partial charge on any atom is -0.393 e. The van der Waals surface area contributed by atoms with Crippen LogP contribution in [0.15, 0.2) is 0 Å². The quantitative estimate of drug-likeness (QED) is 0.481. The van der Waals surface area contributed by atoms with E-state index in [-0.39, 0.29) is 28.6 Å². The summed E-state index contributed by atoms with van der Waals surface area (Å²) >= 11 is 12.3. The fourth-order valence-corrected chi connectivity index (χ4v) is 4.12. The Hall–Kier alpha value is -0.560. The number of hydrogen-bond acceptors (Lipinski definition) is 4. The topological polar surface area (TPSA) is 110 Å². The van der Waals surface area contributed by atoms with Crippen LogP contribution < -0.4 is 11.5 Å². The summed E-state index contributed by atoms with van der Waals surface area (Å²) in [5, 5.41) is 9.81. The molecule has 8 heteroatoms. The number of hydrogen-bond donors (Lipinski definition) is 3. The molecule has 2 rings (SSSR count). The maximum atomic E-state index is 11.6. The molecule has 1 aliphatic carbocycles. The first-order valence-electron chi connectivity index (χ1n) is 7.61. The highest BCUT2D eigenvalue weighted by Gasteiger charge is 2.40. The molecule has 0 radical (unpaired) electrons. The van der Waals surface area contributed by atoms with Crippen LogP contribution in [0.1, 0.15) is 25.7 Å². The number of amides is 2. The van der Waals surface area contributed by atoms with Crippen molar-refractivity contribution < 1.29 is 14.7 Å². The van der Waals surface area contributed by atoms with Gasteiger partial charge in [0.2, 0.25) is 0 Å². The second-order valence-electron chi connectivity index (χ2n) is 6.31. The van der Waals surface area contributed by atoms with Gasteiger partial charge in [-0.25, -0.2) is 0 Å². The van der Waals surface area contributed by atoms with Crippen LogP contribution in [0.2, 0.25) is 0 Å². The first kappa shape index (κ1) is 17.8. The van der Waals surface area contributed by atoms with E-state index >= 15 is 0 Å². The number of nitrogens with two attached hydrogens (primary N) is 2. The monoisotopic (exact) mass is 351 g/mol. The Labute approximate surface area is 140 Å². The van der Waals surface area contributed by atoms with E-state index in [4.69, 9.17) is 34.7 Å². The molecule has 1 saturated carbocycles. The first-order valence-corrected chi connectivity index (χ1v) is 8.49. The molecule has 5 N–H and O–H groups in total. The van der Waals surface area contributed by atoms with Crippen LogP contribution >= 0.6 is 23.2 Å². The summed E-state index contributed by atoms with van der Waals surface area (Å²) in [5.74, 6) is -1.47. The van der Waals surface area contributed by atoms with E-state index in [9.17, 15) is 14.7 Å². The fourth-order valence-electron chi connectivity index (χ4n) is 3.52. The average molecular weight is 352 g/mol. The van der Waals surface area contributed by atoms with Gasteiger partial charge >= 0.3 is 11.8 Å². The number of nitrogens with zero attached hydrogens (tertiary/aromatic N) is 1. The zero-order valence-corrected chi connectivity index (χ0v) is 13.8. The number of alkyl halides is 2. The third-order valence-electron chi connectivity index (χ3n) is 4.93. The van der Waals surface area contributed by atoms with Gasteiger partial charge < -0.3 is 21.5 Å². The summed E-state index contributed by atoms with van der Waals surface area (Å²) in [6.45, 7) is 0.927. The van der Waals surface area contributed by atoms with Crippen molar-refractivity contribution in [3.8, 4) is 0 Å². The predicted molar refractivity (Wildman–Crippen MR) is 84.5 cm³/mol. The van der Waals surface area contributed by atoms with Crippen molar-refractivity contribution in [1.29, 1.82) is 0 Å². The Morgan fingerprint density at radius 2 is 1.68 bits per heavy atom. The average Bonchev–Trinajstić information content (AvgIpc) is 2.49. The van der Waals surface area contributed by atoms with Crippen LogP contribution in [-0.4, -0.2) is 57.8 Å². The number of primary amides is 1. The van der Waals surface area contributed by atoms with Gasteiger partial charge in [-0.3, -0.25) is 9.59 Å². The van der Waals surface area contributed by atoms with Crippen molar-refractivity contribution >= 4 is 35.0 Å². The Balaban J connectivity index is 1.90. The molecule has 0 spiro atoms. The molecule has 2 fully saturated rings. The van der Waals surface area contributed by atoms with E-state index < -0.39 is 17.9 Å². The lowest BCUT2D eigenvalue weighted by molar-refractivity contribution is -0.145. The Morgan fingerprint density at radius 3 is 2.23 bits per heavy atom. The summed E-state index contributed by atoms with van der Waals surface area (Å²) in [6.07, 6.45) is 1.89. The molecule has 1 saturated heterocycles. The van der Waals surface area contributed by atoms with Gasteiger partial charge in [0.15, 0.2) is 0 Å². The Morgan fingerprint density at radius 1 is 1.14 bits per heavy atom. The molecule has 0 aromatic carbocycles. The zero-order chi connectivity index (χ0) is 16.4. The van der Waals surface area contributed by atoms with E-state index in [0.717, 1.165) is 0 Å². The van der Waals surface area contributed by atoms with Gasteiger partial charge in [0, 0.05) is 25.0 Å². The number of halogens is 2. The normalized spacial score (nSPS) is 35.2. The van der Waals surface area contributed by atoms with Gasteiger partial charge in [0.05, 0.1) is 16.9 Å². The molecule has 2 aliphatic rings. The van der Waals surface area contributed by atoms with Crippen LogP contribution in [0.4, 0.5) is 0 Å². The highest BCUT2D eigenvalue weighted by atomic mass is 35.5. The Bertz CT molecular complexity index is 430. The molecule has 5 atom stereocenters. The van der Waals surface area contributed by atoms with Gasteiger partial charge in [-0.2, -0.15) is 0 Å². The maximum Gasteiger partial charge on any atom is 0.311 e. The van der Waals surface area contributed by atoms with Crippen molar-refractivity contribution in [1.82, 2.24) is 4.90 Å². The number of carbonyl (C=O) groups is 2. The van der Waals surface area contributed by atoms with Crippen LogP contribution in [0.5, 0.6) is 0 Å². The number of aliphatic hydroxyl groups excluding tert-OH is 1. The number of piperidine rings is 1. The highest BCUT2D eigenvalue weighted by molar-refractivity contribution is 6.34. The standard InChI is InChI=1S/C14H23Cl2N3O3/c15-9-5-8(11(20)6-10(9)16)12(17)7-1-3-19(4-2-7)14(22)13(18)21/h7-12,20H,1-6,17H2,(H2,18,21)/t8?,9?,10?,11?,12-/m1/s1. The number of aliphatic hydroxyl groups is 1. The van der Waals surface area contributed by atoms with E-state index in [1.807, 2.05) is 0 Å². The van der Waals surface area contributed by atoms with E-state index in [0.29, 0.717) is 38.8 Å². The predicted octanol–water partition coefficient (Wildman–Crippen LogP) is 0.0233. The molecular formula is C14H23Cl2N3O3. The van der Waals surface area contributed by atoms with Gasteiger partial charge in [0.1, 0.15) is 0 Å². The second-order valence-corrected chi connectivity index (χ2v) is 7.43. The summed E-state index contributed by atoms with van der Waals surface area (Å²) in [7, 11) is 0. The molecule has 1 heterocycles. The molecule has 0 aromatic heterocycles. The number of likely N-dealkylation sites (tertiary alicyclic amines) is 1. The van der Waals surface area contributed by atoms with Crippen LogP contribution in [0, 0.1) is 11.8 Å². The Kier molecular flexibility index (Phi) is 5.94. The smallest absolute Gasteiger partial charge is 0.311 e. The van der Waals surface area contributed by atoms with Gasteiger partial charge in [0.25, 0.3) is 0 Å². The van der Waals surface area contributed by atoms with Crippen molar-refractivity contribution in [2.24, 2.45) is 23.3 Å². The molecule has 4 unspecified atom stereocenters. The number of carbonyl (C=O) groups excluding carboxylic acids is 2. The van der Waals surface area contributed by atoms with E-state index in [1.165, 1.54) is 4.90 Å². The van der Waals surface area contributed by atoms with Gasteiger partial charge in [-0.15, -0.1) is 23.2 Å². The third-order valence-corrected chi connectivity index (χ3v) is 6.02. The van der Waals surface area contributed by atoms with Gasteiger partial charge in [-0.05, 0) is 31.6 Å². The lowest BCUT2D eigenvalue weighted by Gasteiger charge is -2.42. The second kappa shape index (κ2) is 7.34. The minimum absolute atomic E-state index is 0.0825. The molecule has 2 amide bonds. The van der Waals surface area contributed by atoms with Crippen LogP contribution in [0.3, 0.4) is 0 Å². The van der Waals surface area contributed by atoms with Crippen molar-refractivity contribution in [2.45, 2.75) is 48.6 Å². The minimum atomic E-state index is -0.927. The SMILES string of the molecule is NC(=O)C(=O)N1CCC([C@@H](N)C2CC(Cl)C(Cl)CC2O)CC1. The summed E-state index contributed by atoms with van der Waals surface area (Å²) < 4.78 is 0. The molecule has 0 bridgehead atoms. The first-order chi connectivity index (χ1) is 10.3. The van der Waals surface area contributed by atoms with Crippen LogP contribution in [-0.2, 0) is 9.59 Å². The van der Waals surface area contributed by atoms with Crippen LogP contribution in [0.25, 0.3) is 0 Å². The van der Waals surface area contributed by atoms with E-state index in [1.54, 1.807) is 0 Å². The highest BCUT2D eigenvalue weighted by Crippen LogP contribution is 2.36. The molecular weight excluding hydrogens is 329 g/mol. The van der Waals surface area contributed by atoms with Crippen molar-refractivity contribution in [3.05, 3.63) is 0 Å². The number of rotatable bonds is 2. The maximum absolute atomic E-state index is 11.6. The van der Waals surface area contributed by atoms with Crippen molar-refractivity contribution in [2.75, 3.05) is 13.1 Å². The lowest BCUT2D eigenvalue weighted by atomic mass is 9.74. The lowest BCUT2D eigenvalue weighted by Crippen LogP contribution is -2.52. The molecule has 22 heavy (non-hydrogen) atoms. The zero-order valence-electron chi connectivity index (χ0n) is 12.3. The van der Waals surface area contributed by atoms with E-state index in [2.05, 4.69) is 0 Å². The summed E-state index contributed by atoms with van der Waals surface area (Å²) in [6, 6.07) is -0.189. The summed E-state index contributed by atoms with van der Waals surface area (Å²) in [5.41, 5.74) is 11.4. The molecule has 6 nitrogen and oxygen atoms in total. The molecule has 0 aromatic rings. The summed E-state index contributed by atoms with van der Waals surface area (Å²) in [4.78, 5) is 23.9. The largest absolute Gasteiger partial charge is 0.393 e. The fraction of sp³-hybridized carbons (Fsp3) is 0.857.